The van der Waals surface area contributed by atoms with Gasteiger partial charge in [-0.3, -0.25) is 9.59 Å². The molecular formula is C13H22N2O2. The highest BCUT2D eigenvalue weighted by Crippen LogP contribution is 2.17. The Kier molecular flexibility index (Phi) is 5.73. The van der Waals surface area contributed by atoms with Gasteiger partial charge in [-0.15, -0.1) is 0 Å². The van der Waals surface area contributed by atoms with Crippen LogP contribution in [0.2, 0.25) is 0 Å². The molecule has 0 saturated carbocycles. The van der Waals surface area contributed by atoms with E-state index in [2.05, 4.69) is 11.9 Å². The van der Waals surface area contributed by atoms with Crippen LogP contribution in [0.1, 0.15) is 45.4 Å². The summed E-state index contributed by atoms with van der Waals surface area (Å²) in [6.45, 7) is 6.47. The Morgan fingerprint density at radius 3 is 2.59 bits per heavy atom. The zero-order valence-electron chi connectivity index (χ0n) is 10.6. The van der Waals surface area contributed by atoms with Gasteiger partial charge >= 0.3 is 0 Å². The van der Waals surface area contributed by atoms with Crippen molar-refractivity contribution in [2.45, 2.75) is 51.5 Å². The monoisotopic (exact) mass is 238 g/mol. The smallest absolute Gasteiger partial charge is 0.226 e. The van der Waals surface area contributed by atoms with Gasteiger partial charge in [-0.2, -0.15) is 0 Å². The van der Waals surface area contributed by atoms with Crippen LogP contribution in [0.25, 0.3) is 0 Å². The molecule has 0 aromatic rings. The molecule has 96 valence electrons. The summed E-state index contributed by atoms with van der Waals surface area (Å²) in [6.07, 6.45) is 7.45. The highest BCUT2D eigenvalue weighted by molar-refractivity contribution is 5.79. The van der Waals surface area contributed by atoms with Crippen molar-refractivity contribution in [2.75, 3.05) is 6.54 Å². The summed E-state index contributed by atoms with van der Waals surface area (Å²) in [6, 6.07) is 0.370. The fourth-order valence-corrected chi connectivity index (χ4v) is 2.03. The van der Waals surface area contributed by atoms with Gasteiger partial charge < -0.3 is 10.2 Å². The van der Waals surface area contributed by atoms with Crippen LogP contribution < -0.4 is 5.32 Å². The zero-order valence-corrected chi connectivity index (χ0v) is 10.6. The minimum absolute atomic E-state index is 0.206. The van der Waals surface area contributed by atoms with Crippen LogP contribution in [0, 0.1) is 0 Å². The molecule has 2 heterocycles. The second kappa shape index (κ2) is 7.09. The number of likely N-dealkylation sites (tertiary alicyclic amines) is 1. The van der Waals surface area contributed by atoms with Crippen molar-refractivity contribution in [3.05, 3.63) is 12.8 Å². The molecule has 17 heavy (non-hydrogen) atoms. The quantitative estimate of drug-likeness (QED) is 0.757. The molecule has 2 aliphatic rings. The fraction of sp³-hybridized carbons (Fsp3) is 0.692. The molecule has 0 aromatic carbocycles. The molecule has 0 aliphatic carbocycles. The zero-order chi connectivity index (χ0) is 12.7. The number of hydrogen-bond acceptors (Lipinski definition) is 2. The molecule has 2 aliphatic heterocycles. The molecule has 2 amide bonds. The molecule has 4 nitrogen and oxygen atoms in total. The van der Waals surface area contributed by atoms with E-state index in [-0.39, 0.29) is 11.8 Å². The summed E-state index contributed by atoms with van der Waals surface area (Å²) in [5.74, 6) is 0.431. The Labute approximate surface area is 103 Å². The number of carbonyl (C=O) groups excluding carboxylic acids is 2. The van der Waals surface area contributed by atoms with E-state index < -0.39 is 0 Å². The topological polar surface area (TPSA) is 49.4 Å². The maximum Gasteiger partial charge on any atom is 0.226 e. The third kappa shape index (κ3) is 4.59. The largest absolute Gasteiger partial charge is 0.356 e. The van der Waals surface area contributed by atoms with Crippen molar-refractivity contribution in [3.8, 4) is 0 Å². The van der Waals surface area contributed by atoms with Crippen LogP contribution in [0.15, 0.2) is 12.8 Å². The molecule has 1 N–H and O–H groups in total. The number of nitrogens with zero attached hydrogens (tertiary/aromatic N) is 1. The molecule has 2 fully saturated rings. The van der Waals surface area contributed by atoms with Crippen LogP contribution >= 0.6 is 0 Å². The van der Waals surface area contributed by atoms with Gasteiger partial charge in [-0.05, 0) is 32.4 Å². The third-order valence-corrected chi connectivity index (χ3v) is 3.14. The van der Waals surface area contributed by atoms with Gasteiger partial charge in [-0.1, -0.05) is 13.0 Å². The minimum atomic E-state index is 0.206. The van der Waals surface area contributed by atoms with Crippen molar-refractivity contribution in [1.82, 2.24) is 10.2 Å². The van der Waals surface area contributed by atoms with Crippen LogP contribution in [0.4, 0.5) is 0 Å². The third-order valence-electron chi connectivity index (χ3n) is 3.14. The van der Waals surface area contributed by atoms with Crippen LogP contribution in [-0.2, 0) is 9.59 Å². The molecule has 0 spiro atoms. The van der Waals surface area contributed by atoms with Gasteiger partial charge in [0, 0.05) is 25.4 Å². The molecule has 0 bridgehead atoms. The number of hydrogen-bond donors (Lipinski definition) is 1. The lowest BCUT2D eigenvalue weighted by atomic mass is 10.2. The maximum absolute atomic E-state index is 10.9. The first-order valence-corrected chi connectivity index (χ1v) is 6.35. The number of amides is 2. The van der Waals surface area contributed by atoms with Gasteiger partial charge in [-0.25, -0.2) is 0 Å². The van der Waals surface area contributed by atoms with E-state index >= 15 is 0 Å². The highest BCUT2D eigenvalue weighted by atomic mass is 16.2. The lowest BCUT2D eigenvalue weighted by molar-refractivity contribution is -0.126. The number of carbonyl (C=O) groups is 2. The van der Waals surface area contributed by atoms with E-state index in [1.807, 2.05) is 6.92 Å². The van der Waals surface area contributed by atoms with Crippen molar-refractivity contribution in [3.63, 3.8) is 0 Å². The molecule has 0 aromatic heterocycles. The van der Waals surface area contributed by atoms with E-state index in [1.165, 1.54) is 6.42 Å². The van der Waals surface area contributed by atoms with E-state index in [1.54, 1.807) is 11.1 Å². The molecular weight excluding hydrogens is 216 g/mol. The highest BCUT2D eigenvalue weighted by Gasteiger charge is 2.24. The normalized spacial score (nSPS) is 24.5. The second-order valence-electron chi connectivity index (χ2n) is 4.53. The summed E-state index contributed by atoms with van der Waals surface area (Å²) in [7, 11) is 0. The molecule has 0 radical (unpaired) electrons. The van der Waals surface area contributed by atoms with Crippen LogP contribution in [0.3, 0.4) is 0 Å². The molecule has 2 rings (SSSR count). The minimum Gasteiger partial charge on any atom is -0.356 e. The van der Waals surface area contributed by atoms with Crippen molar-refractivity contribution in [1.29, 1.82) is 0 Å². The Bertz CT molecular complexity index is 279. The SMILES string of the molecule is C=CN1C(=O)CCC1C.O=C1CCCCCN1. The van der Waals surface area contributed by atoms with Crippen molar-refractivity contribution < 1.29 is 9.59 Å². The summed E-state index contributed by atoms with van der Waals surface area (Å²) in [4.78, 5) is 23.1. The van der Waals surface area contributed by atoms with Gasteiger partial charge in [0.1, 0.15) is 0 Å². The summed E-state index contributed by atoms with van der Waals surface area (Å²) in [5.41, 5.74) is 0. The van der Waals surface area contributed by atoms with Gasteiger partial charge in [0.15, 0.2) is 0 Å². The predicted molar refractivity (Wildman–Crippen MR) is 67.2 cm³/mol. The standard InChI is InChI=1S/C7H11NO.C6H11NO/c1-3-8-6(2)4-5-7(8)9;8-6-4-2-1-3-5-7-6/h3,6H,1,4-5H2,2H3;1-5H2,(H,7,8). The first-order chi connectivity index (χ1) is 8.15. The van der Waals surface area contributed by atoms with E-state index in [0.717, 1.165) is 32.2 Å². The second-order valence-corrected chi connectivity index (χ2v) is 4.53. The number of nitrogens with one attached hydrogen (secondary N) is 1. The van der Waals surface area contributed by atoms with Gasteiger partial charge in [0.2, 0.25) is 11.8 Å². The lowest BCUT2D eigenvalue weighted by Crippen LogP contribution is -2.24. The van der Waals surface area contributed by atoms with E-state index in [0.29, 0.717) is 12.5 Å². The van der Waals surface area contributed by atoms with Crippen LogP contribution in [0.5, 0.6) is 0 Å². The first kappa shape index (κ1) is 13.7. The fourth-order valence-electron chi connectivity index (χ4n) is 2.03. The first-order valence-electron chi connectivity index (χ1n) is 6.35. The molecule has 1 atom stereocenters. The molecule has 4 heteroatoms. The van der Waals surface area contributed by atoms with Gasteiger partial charge in [0.05, 0.1) is 0 Å². The van der Waals surface area contributed by atoms with Crippen molar-refractivity contribution in [2.24, 2.45) is 0 Å². The Morgan fingerprint density at radius 1 is 1.29 bits per heavy atom. The summed E-state index contributed by atoms with van der Waals surface area (Å²) < 4.78 is 0. The van der Waals surface area contributed by atoms with Crippen LogP contribution in [-0.4, -0.2) is 29.3 Å². The average Bonchev–Trinajstić information content (AvgIpc) is 2.52. The predicted octanol–water partition coefficient (Wildman–Crippen LogP) is 1.82. The van der Waals surface area contributed by atoms with E-state index in [4.69, 9.17) is 0 Å². The average molecular weight is 238 g/mol. The lowest BCUT2D eigenvalue weighted by Gasteiger charge is -2.14. The Hall–Kier alpha value is -1.32. The Balaban J connectivity index is 0.000000171. The summed E-state index contributed by atoms with van der Waals surface area (Å²) in [5, 5.41) is 2.81. The van der Waals surface area contributed by atoms with Crippen molar-refractivity contribution >= 4 is 11.8 Å². The Morgan fingerprint density at radius 2 is 2.06 bits per heavy atom. The van der Waals surface area contributed by atoms with Gasteiger partial charge in [0.25, 0.3) is 0 Å². The molecule has 2 saturated heterocycles. The van der Waals surface area contributed by atoms with E-state index in [9.17, 15) is 9.59 Å². The molecule has 1 unspecified atom stereocenters. The number of rotatable bonds is 1. The summed E-state index contributed by atoms with van der Waals surface area (Å²) >= 11 is 0. The maximum atomic E-state index is 10.9.